The van der Waals surface area contributed by atoms with Crippen molar-refractivity contribution >= 4 is 5.91 Å². The lowest BCUT2D eigenvalue weighted by atomic mass is 10.0. The predicted molar refractivity (Wildman–Crippen MR) is 94.7 cm³/mol. The van der Waals surface area contributed by atoms with E-state index >= 15 is 0 Å². The van der Waals surface area contributed by atoms with Crippen LogP contribution in [0.15, 0.2) is 42.5 Å². The highest BCUT2D eigenvalue weighted by atomic mass is 19.3. The van der Waals surface area contributed by atoms with Crippen LogP contribution in [-0.2, 0) is 17.8 Å². The topological polar surface area (TPSA) is 50.8 Å². The number of nitrogens with zero attached hydrogens (tertiary/aromatic N) is 1. The summed E-state index contributed by atoms with van der Waals surface area (Å²) in [5, 5.41) is 2.82. The van der Waals surface area contributed by atoms with Crippen molar-refractivity contribution in [2.75, 3.05) is 19.7 Å². The van der Waals surface area contributed by atoms with Gasteiger partial charge in [0.25, 0.3) is 5.91 Å². The summed E-state index contributed by atoms with van der Waals surface area (Å²) in [6.07, 6.45) is -0.0831. The average Bonchev–Trinajstić information content (AvgIpc) is 3.02. The molecule has 0 spiro atoms. The van der Waals surface area contributed by atoms with Gasteiger partial charge in [0.1, 0.15) is 5.75 Å². The number of amides is 1. The van der Waals surface area contributed by atoms with E-state index in [0.29, 0.717) is 26.2 Å². The lowest BCUT2D eigenvalue weighted by Gasteiger charge is -2.33. The predicted octanol–water partition coefficient (Wildman–Crippen LogP) is 3.10. The molecular weight excluding hydrogens is 354 g/mol. The molecule has 2 aromatic rings. The normalized spacial score (nSPS) is 19.8. The number of nitrogens with one attached hydrogen (secondary N) is 1. The third-order valence-electron chi connectivity index (χ3n) is 4.87. The zero-order valence-corrected chi connectivity index (χ0v) is 14.7. The number of alkyl halides is 2. The zero-order valence-electron chi connectivity index (χ0n) is 14.7. The zero-order chi connectivity index (χ0) is 18.8. The number of halogens is 2. The molecule has 1 saturated heterocycles. The van der Waals surface area contributed by atoms with Crippen LogP contribution in [0.3, 0.4) is 0 Å². The highest BCUT2D eigenvalue weighted by molar-refractivity contribution is 5.98. The Morgan fingerprint density at radius 2 is 2.15 bits per heavy atom. The fraction of sp³-hybridized carbons (Fsp3) is 0.350. The highest BCUT2D eigenvalue weighted by Crippen LogP contribution is 2.27. The van der Waals surface area contributed by atoms with Crippen molar-refractivity contribution in [2.24, 2.45) is 0 Å². The Kier molecular flexibility index (Phi) is 5.05. The summed E-state index contributed by atoms with van der Waals surface area (Å²) >= 11 is 0. The molecule has 1 unspecified atom stereocenters. The number of fused-ring (bicyclic) bond motifs is 1. The molecule has 2 heterocycles. The van der Waals surface area contributed by atoms with Gasteiger partial charge in [0, 0.05) is 31.7 Å². The molecular formula is C20H20F2N2O3. The van der Waals surface area contributed by atoms with Gasteiger partial charge in [-0.15, -0.1) is 0 Å². The summed E-state index contributed by atoms with van der Waals surface area (Å²) in [4.78, 5) is 13.9. The maximum absolute atomic E-state index is 12.4. The molecule has 1 N–H and O–H groups in total. The Hall–Kier alpha value is -2.51. The van der Waals surface area contributed by atoms with Gasteiger partial charge in [-0.2, -0.15) is 8.78 Å². The molecule has 4 rings (SSSR count). The molecule has 1 fully saturated rings. The van der Waals surface area contributed by atoms with E-state index in [2.05, 4.69) is 15.0 Å². The van der Waals surface area contributed by atoms with Crippen LogP contribution in [0.2, 0.25) is 0 Å². The summed E-state index contributed by atoms with van der Waals surface area (Å²) in [6, 6.07) is 12.6. The Morgan fingerprint density at radius 1 is 1.26 bits per heavy atom. The fourth-order valence-corrected chi connectivity index (χ4v) is 3.58. The Balaban J connectivity index is 1.43. The van der Waals surface area contributed by atoms with E-state index in [1.54, 1.807) is 12.1 Å². The van der Waals surface area contributed by atoms with Crippen molar-refractivity contribution in [3.05, 3.63) is 64.7 Å². The summed E-state index contributed by atoms with van der Waals surface area (Å²) in [5.74, 6) is 0.136. The van der Waals surface area contributed by atoms with Crippen LogP contribution < -0.4 is 10.1 Å². The van der Waals surface area contributed by atoms with Crippen LogP contribution in [0.5, 0.6) is 5.75 Å². The molecule has 5 nitrogen and oxygen atoms in total. The van der Waals surface area contributed by atoms with E-state index in [9.17, 15) is 13.6 Å². The third-order valence-corrected chi connectivity index (χ3v) is 4.87. The quantitative estimate of drug-likeness (QED) is 0.874. The molecule has 2 aliphatic heterocycles. The number of ether oxygens (including phenoxy) is 2. The standard InChI is InChI=1S/C20H20F2N2O3/c21-20(22)27-16-3-1-2-13(8-16)11-24-6-7-26-18(12-24)14-4-5-17-15(9-14)10-23-19(17)25/h1-5,8-9,18,20H,6-7,10-12H2,(H,23,25). The van der Waals surface area contributed by atoms with Crippen LogP contribution >= 0.6 is 0 Å². The summed E-state index contributed by atoms with van der Waals surface area (Å²) < 4.78 is 35.2. The van der Waals surface area contributed by atoms with E-state index in [-0.39, 0.29) is 17.8 Å². The number of rotatable bonds is 5. The number of carbonyl (C=O) groups is 1. The lowest BCUT2D eigenvalue weighted by Crippen LogP contribution is -2.37. The third kappa shape index (κ3) is 4.09. The largest absolute Gasteiger partial charge is 0.435 e. The highest BCUT2D eigenvalue weighted by Gasteiger charge is 2.25. The number of benzene rings is 2. The van der Waals surface area contributed by atoms with Gasteiger partial charge in [0.05, 0.1) is 12.7 Å². The van der Waals surface area contributed by atoms with Crippen LogP contribution in [0.25, 0.3) is 0 Å². The van der Waals surface area contributed by atoms with E-state index in [1.807, 2.05) is 24.3 Å². The van der Waals surface area contributed by atoms with Crippen LogP contribution in [0.1, 0.15) is 33.2 Å². The number of hydrogen-bond acceptors (Lipinski definition) is 4. The number of morpholine rings is 1. The second kappa shape index (κ2) is 7.62. The smallest absolute Gasteiger partial charge is 0.387 e. The summed E-state index contributed by atoms with van der Waals surface area (Å²) in [6.45, 7) is 0.406. The van der Waals surface area contributed by atoms with Gasteiger partial charge >= 0.3 is 6.61 Å². The molecule has 7 heteroatoms. The molecule has 0 aromatic heterocycles. The van der Waals surface area contributed by atoms with E-state index < -0.39 is 6.61 Å². The summed E-state index contributed by atoms with van der Waals surface area (Å²) in [7, 11) is 0. The maximum atomic E-state index is 12.4. The Labute approximate surface area is 155 Å². The van der Waals surface area contributed by atoms with E-state index in [1.165, 1.54) is 6.07 Å². The average molecular weight is 374 g/mol. The lowest BCUT2D eigenvalue weighted by molar-refractivity contribution is -0.0500. The second-order valence-corrected chi connectivity index (χ2v) is 6.72. The molecule has 0 aliphatic carbocycles. The first-order valence-electron chi connectivity index (χ1n) is 8.87. The first-order valence-corrected chi connectivity index (χ1v) is 8.87. The van der Waals surface area contributed by atoms with Crippen molar-refractivity contribution in [2.45, 2.75) is 25.8 Å². The Bertz CT molecular complexity index is 844. The molecule has 1 amide bonds. The summed E-state index contributed by atoms with van der Waals surface area (Å²) in [5.41, 5.74) is 3.68. The van der Waals surface area contributed by atoms with Crippen molar-refractivity contribution in [1.82, 2.24) is 10.2 Å². The maximum Gasteiger partial charge on any atom is 0.387 e. The van der Waals surface area contributed by atoms with Crippen molar-refractivity contribution in [3.63, 3.8) is 0 Å². The van der Waals surface area contributed by atoms with Crippen molar-refractivity contribution < 1.29 is 23.0 Å². The van der Waals surface area contributed by atoms with Gasteiger partial charge in [0.15, 0.2) is 0 Å². The molecule has 0 bridgehead atoms. The molecule has 2 aromatic carbocycles. The number of hydrogen-bond donors (Lipinski definition) is 1. The molecule has 1 atom stereocenters. The second-order valence-electron chi connectivity index (χ2n) is 6.72. The first kappa shape index (κ1) is 17.9. The Morgan fingerprint density at radius 3 is 3.00 bits per heavy atom. The molecule has 2 aliphatic rings. The van der Waals surface area contributed by atoms with Gasteiger partial charge < -0.3 is 14.8 Å². The monoisotopic (exact) mass is 374 g/mol. The van der Waals surface area contributed by atoms with Crippen LogP contribution in [0.4, 0.5) is 8.78 Å². The SMILES string of the molecule is O=C1NCc2cc(C3CN(Cc4cccc(OC(F)F)c4)CCO3)ccc21. The van der Waals surface area contributed by atoms with E-state index in [4.69, 9.17) is 4.74 Å². The first-order chi connectivity index (χ1) is 13.1. The molecule has 27 heavy (non-hydrogen) atoms. The van der Waals surface area contributed by atoms with E-state index in [0.717, 1.165) is 28.8 Å². The van der Waals surface area contributed by atoms with Gasteiger partial charge in [-0.1, -0.05) is 24.3 Å². The molecule has 0 radical (unpaired) electrons. The molecule has 142 valence electrons. The van der Waals surface area contributed by atoms with Crippen molar-refractivity contribution in [3.8, 4) is 5.75 Å². The van der Waals surface area contributed by atoms with Gasteiger partial charge in [-0.3, -0.25) is 9.69 Å². The fourth-order valence-electron chi connectivity index (χ4n) is 3.58. The number of carbonyl (C=O) groups excluding carboxylic acids is 1. The van der Waals surface area contributed by atoms with Crippen LogP contribution in [-0.4, -0.2) is 37.1 Å². The minimum absolute atomic E-state index is 0.0337. The van der Waals surface area contributed by atoms with Gasteiger partial charge in [-0.25, -0.2) is 0 Å². The molecule has 0 saturated carbocycles. The minimum Gasteiger partial charge on any atom is -0.435 e. The van der Waals surface area contributed by atoms with Gasteiger partial charge in [-0.05, 0) is 34.9 Å². The van der Waals surface area contributed by atoms with Gasteiger partial charge in [0.2, 0.25) is 0 Å². The van der Waals surface area contributed by atoms with Crippen molar-refractivity contribution in [1.29, 1.82) is 0 Å². The minimum atomic E-state index is -2.82. The van der Waals surface area contributed by atoms with Crippen LogP contribution in [0, 0.1) is 0 Å².